The summed E-state index contributed by atoms with van der Waals surface area (Å²) in [7, 11) is 0. The van der Waals surface area contributed by atoms with Crippen LogP contribution >= 0.6 is 0 Å². The fraction of sp³-hybridized carbons (Fsp3) is 0.278. The zero-order valence-electron chi connectivity index (χ0n) is 14.8. The minimum absolute atomic E-state index is 0.0265. The smallest absolute Gasteiger partial charge is 0.412 e. The maximum Gasteiger partial charge on any atom is 0.412 e. The Morgan fingerprint density at radius 2 is 2.11 bits per heavy atom. The zero-order chi connectivity index (χ0) is 19.6. The van der Waals surface area contributed by atoms with Gasteiger partial charge in [-0.05, 0) is 31.0 Å². The summed E-state index contributed by atoms with van der Waals surface area (Å²) in [5.74, 6) is -0.523. The van der Waals surface area contributed by atoms with Gasteiger partial charge in [0, 0.05) is 24.0 Å². The number of hydrogen-bond acceptors (Lipinski definition) is 6. The number of ether oxygens (including phenoxy) is 1. The molecular formula is C18H18N4O5. The summed E-state index contributed by atoms with van der Waals surface area (Å²) >= 11 is 0. The number of nitrogens with zero attached hydrogens (tertiary/aromatic N) is 2. The van der Waals surface area contributed by atoms with Crippen molar-refractivity contribution in [3.8, 4) is 0 Å². The topological polar surface area (TPSA) is 123 Å². The van der Waals surface area contributed by atoms with E-state index in [-0.39, 0.29) is 16.9 Å². The van der Waals surface area contributed by atoms with Crippen LogP contribution in [0.2, 0.25) is 0 Å². The lowest BCUT2D eigenvalue weighted by molar-refractivity contribution is -0.383. The fourth-order valence-electron chi connectivity index (χ4n) is 3.15. The number of pyridine rings is 1. The highest BCUT2D eigenvalue weighted by Gasteiger charge is 2.41. The highest BCUT2D eigenvalue weighted by atomic mass is 16.6. The summed E-state index contributed by atoms with van der Waals surface area (Å²) in [6.45, 7) is 3.72. The van der Waals surface area contributed by atoms with E-state index in [0.29, 0.717) is 24.1 Å². The Bertz CT molecular complexity index is 909. The third kappa shape index (κ3) is 3.31. The molecule has 2 amide bonds. The molecule has 9 nitrogen and oxygen atoms in total. The van der Waals surface area contributed by atoms with Crippen LogP contribution in [0.25, 0.3) is 0 Å². The van der Waals surface area contributed by atoms with Gasteiger partial charge in [-0.15, -0.1) is 0 Å². The first kappa shape index (κ1) is 18.3. The molecule has 0 saturated carbocycles. The van der Waals surface area contributed by atoms with Crippen molar-refractivity contribution in [3.63, 3.8) is 0 Å². The maximum atomic E-state index is 12.4. The van der Waals surface area contributed by atoms with E-state index in [1.54, 1.807) is 12.1 Å². The summed E-state index contributed by atoms with van der Waals surface area (Å²) in [6.07, 6.45) is 3.20. The molecular weight excluding hydrogens is 352 g/mol. The molecule has 140 valence electrons. The standard InChI is InChI=1S/C18H18N4O5/c1-3-18(4-2)12-8-14(20-16(23)11-6-5-7-19-10-11)15(22(25)26)9-13(12)21-17(24)27-18/h5-10H,3-4H2,1-2H3,(H,20,23)(H,21,24). The average molecular weight is 370 g/mol. The minimum atomic E-state index is -0.916. The lowest BCUT2D eigenvalue weighted by Crippen LogP contribution is -2.38. The second-order valence-corrected chi connectivity index (χ2v) is 6.08. The number of fused-ring (bicyclic) bond motifs is 1. The summed E-state index contributed by atoms with van der Waals surface area (Å²) in [5, 5.41) is 16.6. The van der Waals surface area contributed by atoms with E-state index in [1.165, 1.54) is 24.5 Å². The minimum Gasteiger partial charge on any atom is -0.438 e. The Hall–Kier alpha value is -3.49. The van der Waals surface area contributed by atoms with Crippen molar-refractivity contribution in [2.24, 2.45) is 0 Å². The predicted octanol–water partition coefficient (Wildman–Crippen LogP) is 3.82. The summed E-state index contributed by atoms with van der Waals surface area (Å²) in [6, 6.07) is 5.89. The number of cyclic esters (lactones) is 1. The quantitative estimate of drug-likeness (QED) is 0.609. The van der Waals surface area contributed by atoms with Gasteiger partial charge in [0.15, 0.2) is 0 Å². The number of benzene rings is 1. The first-order valence-corrected chi connectivity index (χ1v) is 8.44. The van der Waals surface area contributed by atoms with Gasteiger partial charge in [0.25, 0.3) is 11.6 Å². The number of hydrogen-bond donors (Lipinski definition) is 2. The number of nitrogens with one attached hydrogen (secondary N) is 2. The van der Waals surface area contributed by atoms with Gasteiger partial charge in [-0.3, -0.25) is 25.2 Å². The lowest BCUT2D eigenvalue weighted by atomic mass is 9.85. The second kappa shape index (κ2) is 7.02. The molecule has 0 spiro atoms. The predicted molar refractivity (Wildman–Crippen MR) is 97.7 cm³/mol. The van der Waals surface area contributed by atoms with Crippen molar-refractivity contribution < 1.29 is 19.2 Å². The monoisotopic (exact) mass is 370 g/mol. The largest absolute Gasteiger partial charge is 0.438 e. The number of nitro benzene ring substituents is 1. The Morgan fingerprint density at radius 3 is 2.70 bits per heavy atom. The third-order valence-corrected chi connectivity index (χ3v) is 4.66. The number of carbonyl (C=O) groups is 2. The van der Waals surface area contributed by atoms with Gasteiger partial charge in [0.05, 0.1) is 16.2 Å². The molecule has 9 heteroatoms. The maximum absolute atomic E-state index is 12.4. The molecule has 2 aromatic rings. The van der Waals surface area contributed by atoms with Crippen LogP contribution < -0.4 is 10.6 Å². The SMILES string of the molecule is CCC1(CC)OC(=O)Nc2cc([N+](=O)[O-])c(NC(=O)c3cccnc3)cc21. The molecule has 1 aromatic heterocycles. The molecule has 0 saturated heterocycles. The molecule has 0 fully saturated rings. The van der Waals surface area contributed by atoms with Gasteiger partial charge < -0.3 is 10.1 Å². The van der Waals surface area contributed by atoms with E-state index in [4.69, 9.17) is 4.74 Å². The van der Waals surface area contributed by atoms with Crippen LogP contribution in [0, 0.1) is 10.1 Å². The first-order chi connectivity index (χ1) is 12.9. The molecule has 1 aliphatic heterocycles. The van der Waals surface area contributed by atoms with Gasteiger partial charge in [0.1, 0.15) is 11.3 Å². The number of nitro groups is 1. The molecule has 3 rings (SSSR count). The van der Waals surface area contributed by atoms with E-state index >= 15 is 0 Å². The number of anilines is 2. The number of amides is 2. The van der Waals surface area contributed by atoms with Crippen LogP contribution in [0.1, 0.15) is 42.6 Å². The average Bonchev–Trinajstić information content (AvgIpc) is 2.67. The van der Waals surface area contributed by atoms with Crippen LogP contribution in [-0.2, 0) is 10.3 Å². The van der Waals surface area contributed by atoms with Crippen molar-refractivity contribution in [1.29, 1.82) is 0 Å². The van der Waals surface area contributed by atoms with E-state index < -0.39 is 22.5 Å². The number of carbonyl (C=O) groups excluding carboxylic acids is 2. The third-order valence-electron chi connectivity index (χ3n) is 4.66. The Labute approximate surface area is 154 Å². The van der Waals surface area contributed by atoms with Crippen LogP contribution in [-0.4, -0.2) is 21.9 Å². The molecule has 27 heavy (non-hydrogen) atoms. The van der Waals surface area contributed by atoms with Gasteiger partial charge >= 0.3 is 6.09 Å². The van der Waals surface area contributed by atoms with Crippen LogP contribution in [0.5, 0.6) is 0 Å². The molecule has 0 radical (unpaired) electrons. The van der Waals surface area contributed by atoms with Gasteiger partial charge in [-0.1, -0.05) is 13.8 Å². The Morgan fingerprint density at radius 1 is 1.37 bits per heavy atom. The van der Waals surface area contributed by atoms with E-state index in [2.05, 4.69) is 15.6 Å². The molecule has 0 atom stereocenters. The van der Waals surface area contributed by atoms with Gasteiger partial charge in [-0.25, -0.2) is 4.79 Å². The van der Waals surface area contributed by atoms with Crippen LogP contribution in [0.15, 0.2) is 36.7 Å². The number of rotatable bonds is 5. The highest BCUT2D eigenvalue weighted by molar-refractivity contribution is 6.05. The first-order valence-electron chi connectivity index (χ1n) is 8.44. The normalized spacial score (nSPS) is 14.5. The van der Waals surface area contributed by atoms with Crippen LogP contribution in [0.3, 0.4) is 0 Å². The van der Waals surface area contributed by atoms with Crippen molar-refractivity contribution in [1.82, 2.24) is 4.98 Å². The second-order valence-electron chi connectivity index (χ2n) is 6.08. The summed E-state index contributed by atoms with van der Waals surface area (Å²) < 4.78 is 5.50. The Balaban J connectivity index is 2.10. The molecule has 2 N–H and O–H groups in total. The number of aromatic nitrogens is 1. The molecule has 0 unspecified atom stereocenters. The molecule has 1 aliphatic rings. The molecule has 2 heterocycles. The molecule has 0 bridgehead atoms. The van der Waals surface area contributed by atoms with E-state index in [9.17, 15) is 19.7 Å². The van der Waals surface area contributed by atoms with Crippen molar-refractivity contribution in [2.45, 2.75) is 32.3 Å². The highest BCUT2D eigenvalue weighted by Crippen LogP contribution is 2.45. The van der Waals surface area contributed by atoms with Gasteiger partial charge in [0.2, 0.25) is 0 Å². The van der Waals surface area contributed by atoms with Crippen LogP contribution in [0.4, 0.5) is 21.9 Å². The van der Waals surface area contributed by atoms with Crippen molar-refractivity contribution in [2.75, 3.05) is 10.6 Å². The lowest BCUT2D eigenvalue weighted by Gasteiger charge is -2.37. The van der Waals surface area contributed by atoms with E-state index in [0.717, 1.165) is 0 Å². The van der Waals surface area contributed by atoms with E-state index in [1.807, 2.05) is 13.8 Å². The molecule has 0 aliphatic carbocycles. The summed E-state index contributed by atoms with van der Waals surface area (Å²) in [5.41, 5.74) is -0.0555. The fourth-order valence-corrected chi connectivity index (χ4v) is 3.15. The van der Waals surface area contributed by atoms with Gasteiger partial charge in [-0.2, -0.15) is 0 Å². The zero-order valence-corrected chi connectivity index (χ0v) is 14.8. The molecule has 1 aromatic carbocycles. The van der Waals surface area contributed by atoms with Crippen molar-refractivity contribution >= 4 is 29.1 Å². The van der Waals surface area contributed by atoms with Crippen molar-refractivity contribution in [3.05, 3.63) is 57.9 Å². The summed E-state index contributed by atoms with van der Waals surface area (Å²) in [4.78, 5) is 39.1. The Kier molecular flexibility index (Phi) is 4.76.